The Morgan fingerprint density at radius 2 is 2.21 bits per heavy atom. The van der Waals surface area contributed by atoms with E-state index < -0.39 is 11.5 Å². The summed E-state index contributed by atoms with van der Waals surface area (Å²) in [7, 11) is 0. The number of H-pyrrole nitrogens is 1. The fraction of sp³-hybridized carbons (Fsp3) is 0. The van der Waals surface area contributed by atoms with Gasteiger partial charge in [0.1, 0.15) is 6.33 Å². The van der Waals surface area contributed by atoms with Crippen molar-refractivity contribution in [2.24, 2.45) is 0 Å². The van der Waals surface area contributed by atoms with Crippen LogP contribution in [0.2, 0.25) is 0 Å². The van der Waals surface area contributed by atoms with Crippen LogP contribution in [0.25, 0.3) is 5.65 Å². The van der Waals surface area contributed by atoms with Gasteiger partial charge in [-0.15, -0.1) is 0 Å². The second-order valence-electron chi connectivity index (χ2n) is 3.66. The normalized spacial score (nSPS) is 10.8. The molecule has 0 aliphatic rings. The van der Waals surface area contributed by atoms with E-state index in [0.717, 1.165) is 0 Å². The maximum atomic E-state index is 13.5. The Hall–Kier alpha value is -2.22. The molecule has 1 aromatic carbocycles. The largest absolute Gasteiger partial charge is 0.436 e. The van der Waals surface area contributed by atoms with Crippen molar-refractivity contribution in [2.45, 2.75) is 0 Å². The van der Waals surface area contributed by atoms with Crippen LogP contribution in [0.5, 0.6) is 11.6 Å². The fourth-order valence-electron chi connectivity index (χ4n) is 1.52. The molecule has 0 radical (unpaired) electrons. The molecule has 3 aromatic rings. The second-order valence-corrected chi connectivity index (χ2v) is 4.58. The highest BCUT2D eigenvalue weighted by Crippen LogP contribution is 2.26. The van der Waals surface area contributed by atoms with E-state index in [2.05, 4.69) is 31.1 Å². The number of hydrogen-bond acceptors (Lipinski definition) is 4. The highest BCUT2D eigenvalue weighted by Gasteiger charge is 2.08. The van der Waals surface area contributed by atoms with E-state index in [9.17, 15) is 9.18 Å². The summed E-state index contributed by atoms with van der Waals surface area (Å²) in [6.45, 7) is 0. The molecule has 0 aliphatic carbocycles. The molecule has 19 heavy (non-hydrogen) atoms. The lowest BCUT2D eigenvalue weighted by atomic mass is 10.3. The molecule has 0 spiro atoms. The van der Waals surface area contributed by atoms with E-state index in [1.807, 2.05) is 0 Å². The van der Waals surface area contributed by atoms with E-state index in [1.54, 1.807) is 6.07 Å². The third kappa shape index (κ3) is 2.22. The van der Waals surface area contributed by atoms with Gasteiger partial charge in [-0.05, 0) is 18.2 Å². The summed E-state index contributed by atoms with van der Waals surface area (Å²) >= 11 is 3.22. The predicted molar refractivity (Wildman–Crippen MR) is 67.8 cm³/mol. The summed E-state index contributed by atoms with van der Waals surface area (Å²) in [5.41, 5.74) is -0.0620. The molecule has 2 heterocycles. The number of aromatic nitrogens is 4. The Labute approximate surface area is 114 Å². The molecule has 0 atom stereocenters. The van der Waals surface area contributed by atoms with Crippen LogP contribution >= 0.6 is 15.9 Å². The van der Waals surface area contributed by atoms with Crippen molar-refractivity contribution in [1.29, 1.82) is 0 Å². The van der Waals surface area contributed by atoms with Crippen molar-refractivity contribution in [1.82, 2.24) is 19.6 Å². The molecule has 1 N–H and O–H groups in total. The first-order valence-electron chi connectivity index (χ1n) is 5.19. The van der Waals surface area contributed by atoms with Crippen molar-refractivity contribution in [3.05, 3.63) is 51.4 Å². The number of fused-ring (bicyclic) bond motifs is 1. The van der Waals surface area contributed by atoms with Gasteiger partial charge in [0.25, 0.3) is 0 Å². The van der Waals surface area contributed by atoms with E-state index in [4.69, 9.17) is 4.74 Å². The minimum atomic E-state index is -0.510. The molecule has 0 amide bonds. The molecule has 0 aliphatic heterocycles. The van der Waals surface area contributed by atoms with Gasteiger partial charge in [0.05, 0.1) is 0 Å². The molecule has 8 heteroatoms. The molecular formula is C11H6BrFN4O2. The van der Waals surface area contributed by atoms with Gasteiger partial charge in [-0.2, -0.15) is 5.10 Å². The molecule has 0 fully saturated rings. The number of nitrogens with zero attached hydrogens (tertiary/aromatic N) is 3. The lowest BCUT2D eigenvalue weighted by molar-refractivity contribution is 0.426. The molecule has 0 saturated heterocycles. The molecule has 3 rings (SSSR count). The van der Waals surface area contributed by atoms with E-state index in [0.29, 0.717) is 10.1 Å². The summed E-state index contributed by atoms with van der Waals surface area (Å²) in [6, 6.07) is 5.75. The first-order valence-corrected chi connectivity index (χ1v) is 5.98. The number of benzene rings is 1. The van der Waals surface area contributed by atoms with Gasteiger partial charge >= 0.3 is 5.69 Å². The Morgan fingerprint density at radius 3 is 3.05 bits per heavy atom. The first-order chi connectivity index (χ1) is 9.13. The van der Waals surface area contributed by atoms with E-state index in [1.165, 1.54) is 28.9 Å². The lowest BCUT2D eigenvalue weighted by Gasteiger charge is -2.05. The summed E-state index contributed by atoms with van der Waals surface area (Å²) in [6.07, 6.45) is 1.26. The maximum Gasteiger partial charge on any atom is 0.348 e. The highest BCUT2D eigenvalue weighted by molar-refractivity contribution is 9.10. The number of aromatic amines is 1. The Balaban J connectivity index is 2.01. The zero-order chi connectivity index (χ0) is 13.4. The zero-order valence-electron chi connectivity index (χ0n) is 9.30. The molecule has 0 unspecified atom stereocenters. The molecule has 96 valence electrons. The van der Waals surface area contributed by atoms with Gasteiger partial charge in [0.2, 0.25) is 5.88 Å². The summed E-state index contributed by atoms with van der Waals surface area (Å²) in [4.78, 5) is 15.1. The quantitative estimate of drug-likeness (QED) is 0.783. The van der Waals surface area contributed by atoms with Crippen LogP contribution in [0.4, 0.5) is 4.39 Å². The number of nitrogens with one attached hydrogen (secondary N) is 1. The van der Waals surface area contributed by atoms with Crippen LogP contribution in [0, 0.1) is 5.82 Å². The maximum absolute atomic E-state index is 13.5. The minimum absolute atomic E-state index is 0.0316. The van der Waals surface area contributed by atoms with Crippen LogP contribution in [0.15, 0.2) is 39.9 Å². The Morgan fingerprint density at radius 1 is 1.37 bits per heavy atom. The lowest BCUT2D eigenvalue weighted by Crippen LogP contribution is -2.09. The predicted octanol–water partition coefficient (Wildman–Crippen LogP) is 2.11. The second kappa shape index (κ2) is 4.47. The van der Waals surface area contributed by atoms with Gasteiger partial charge in [-0.3, -0.25) is 0 Å². The van der Waals surface area contributed by atoms with Crippen molar-refractivity contribution in [3.63, 3.8) is 0 Å². The summed E-state index contributed by atoms with van der Waals surface area (Å²) in [5.74, 6) is -0.336. The van der Waals surface area contributed by atoms with Crippen LogP contribution in [-0.2, 0) is 0 Å². The van der Waals surface area contributed by atoms with Gasteiger partial charge in [-0.25, -0.2) is 23.7 Å². The van der Waals surface area contributed by atoms with Gasteiger partial charge in [0.15, 0.2) is 17.2 Å². The topological polar surface area (TPSA) is 72.3 Å². The van der Waals surface area contributed by atoms with Gasteiger partial charge in [0, 0.05) is 10.5 Å². The van der Waals surface area contributed by atoms with Crippen molar-refractivity contribution >= 4 is 21.6 Å². The monoisotopic (exact) mass is 324 g/mol. The summed E-state index contributed by atoms with van der Waals surface area (Å²) < 4.78 is 20.7. The average molecular weight is 325 g/mol. The fourth-order valence-corrected chi connectivity index (χ4v) is 1.86. The summed E-state index contributed by atoms with van der Waals surface area (Å²) in [5, 5.41) is 6.03. The smallest absolute Gasteiger partial charge is 0.348 e. The van der Waals surface area contributed by atoms with E-state index in [-0.39, 0.29) is 11.6 Å². The van der Waals surface area contributed by atoms with Gasteiger partial charge < -0.3 is 4.74 Å². The Bertz CT molecular complexity index is 814. The molecular weight excluding hydrogens is 319 g/mol. The average Bonchev–Trinajstić information content (AvgIpc) is 2.75. The third-order valence-corrected chi connectivity index (χ3v) is 2.89. The van der Waals surface area contributed by atoms with Crippen LogP contribution in [-0.4, -0.2) is 19.6 Å². The molecule has 2 aromatic heterocycles. The van der Waals surface area contributed by atoms with Gasteiger partial charge in [-0.1, -0.05) is 15.9 Å². The van der Waals surface area contributed by atoms with Crippen LogP contribution in [0.1, 0.15) is 0 Å². The number of halogens is 2. The molecule has 0 bridgehead atoms. The Kier molecular flexibility index (Phi) is 2.79. The molecule has 6 nitrogen and oxygen atoms in total. The number of ether oxygens (including phenoxy) is 1. The van der Waals surface area contributed by atoms with Crippen LogP contribution in [0.3, 0.4) is 0 Å². The third-order valence-electron chi connectivity index (χ3n) is 2.39. The molecule has 0 saturated carbocycles. The SMILES string of the molecule is O=c1[nH]nc2cc(Oc3cc(Br)ccc3F)ncn12. The minimum Gasteiger partial charge on any atom is -0.436 e. The van der Waals surface area contributed by atoms with Crippen molar-refractivity contribution in [2.75, 3.05) is 0 Å². The van der Waals surface area contributed by atoms with Crippen molar-refractivity contribution < 1.29 is 9.13 Å². The first kappa shape index (κ1) is 11.8. The van der Waals surface area contributed by atoms with Crippen molar-refractivity contribution in [3.8, 4) is 11.6 Å². The number of hydrogen-bond donors (Lipinski definition) is 1. The highest BCUT2D eigenvalue weighted by atomic mass is 79.9. The van der Waals surface area contributed by atoms with Crippen LogP contribution < -0.4 is 10.4 Å². The van der Waals surface area contributed by atoms with E-state index >= 15 is 0 Å². The number of rotatable bonds is 2. The standard InChI is InChI=1S/C11H6BrFN4O2/c12-6-1-2-7(13)8(3-6)19-10-4-9-15-16-11(18)17(9)5-14-10/h1-5H,(H,16,18). The zero-order valence-corrected chi connectivity index (χ0v) is 10.9.